The lowest BCUT2D eigenvalue weighted by atomic mass is 10.1. The van der Waals surface area contributed by atoms with Gasteiger partial charge in [-0.3, -0.25) is 4.21 Å². The first-order valence-corrected chi connectivity index (χ1v) is 7.15. The third kappa shape index (κ3) is 5.60. The summed E-state index contributed by atoms with van der Waals surface area (Å²) in [6.07, 6.45) is 2.58. The first-order chi connectivity index (χ1) is 8.09. The molecule has 5 heteroatoms. The van der Waals surface area contributed by atoms with Gasteiger partial charge in [-0.15, -0.1) is 0 Å². The number of carboxylic acids is 1. The summed E-state index contributed by atoms with van der Waals surface area (Å²) in [6, 6.07) is 6.80. The molecule has 0 aliphatic carbocycles. The van der Waals surface area contributed by atoms with Crippen molar-refractivity contribution in [2.75, 3.05) is 18.6 Å². The molecule has 17 heavy (non-hydrogen) atoms. The van der Waals surface area contributed by atoms with Gasteiger partial charge in [0.25, 0.3) is 0 Å². The van der Waals surface area contributed by atoms with Crippen LogP contribution in [0, 0.1) is 0 Å². The minimum atomic E-state index is -0.907. The number of hydrogen-bond acceptors (Lipinski definition) is 3. The van der Waals surface area contributed by atoms with Crippen LogP contribution in [-0.2, 0) is 17.3 Å². The topological polar surface area (TPSA) is 66.4 Å². The smallest absolute Gasteiger partial charge is 0.335 e. The molecule has 0 saturated carbocycles. The lowest BCUT2D eigenvalue weighted by Crippen LogP contribution is -2.16. The molecule has 2 N–H and O–H groups in total. The van der Waals surface area contributed by atoms with E-state index in [0.29, 0.717) is 17.9 Å². The van der Waals surface area contributed by atoms with E-state index in [1.165, 1.54) is 0 Å². The third-order valence-corrected chi connectivity index (χ3v) is 3.18. The van der Waals surface area contributed by atoms with E-state index in [1.54, 1.807) is 30.5 Å². The molecule has 0 amide bonds. The standard InChI is InChI=1S/C12H17NO3S/c1-17(16)8-2-7-13-9-10-3-5-11(6-4-10)12(14)15/h3-6,13H,2,7-9H2,1H3,(H,14,15). The van der Waals surface area contributed by atoms with Gasteiger partial charge < -0.3 is 10.4 Å². The number of benzene rings is 1. The van der Waals surface area contributed by atoms with Crippen LogP contribution in [0.4, 0.5) is 0 Å². The summed E-state index contributed by atoms with van der Waals surface area (Å²) in [7, 11) is -0.727. The normalized spacial score (nSPS) is 12.3. The Labute approximate surface area is 104 Å². The predicted molar refractivity (Wildman–Crippen MR) is 68.7 cm³/mol. The second kappa shape index (κ2) is 7.19. The SMILES string of the molecule is CS(=O)CCCNCc1ccc(C(=O)O)cc1. The van der Waals surface area contributed by atoms with Crippen LogP contribution in [0.5, 0.6) is 0 Å². The maximum Gasteiger partial charge on any atom is 0.335 e. The van der Waals surface area contributed by atoms with Crippen molar-refractivity contribution in [3.63, 3.8) is 0 Å². The Hall–Kier alpha value is -1.20. The van der Waals surface area contributed by atoms with Crippen LogP contribution in [0.25, 0.3) is 0 Å². The Kier molecular flexibility index (Phi) is 5.86. The van der Waals surface area contributed by atoms with Crippen molar-refractivity contribution in [3.05, 3.63) is 35.4 Å². The number of aromatic carboxylic acids is 1. The summed E-state index contributed by atoms with van der Waals surface area (Å²) in [5.74, 6) is -0.194. The molecule has 1 aromatic carbocycles. The van der Waals surface area contributed by atoms with E-state index < -0.39 is 16.8 Å². The molecule has 1 rings (SSSR count). The van der Waals surface area contributed by atoms with Gasteiger partial charge in [0.2, 0.25) is 0 Å². The Bertz CT molecular complexity index is 389. The molecule has 0 aliphatic heterocycles. The van der Waals surface area contributed by atoms with Crippen molar-refractivity contribution in [2.24, 2.45) is 0 Å². The van der Waals surface area contributed by atoms with Gasteiger partial charge in [0.1, 0.15) is 0 Å². The largest absolute Gasteiger partial charge is 0.478 e. The summed E-state index contributed by atoms with van der Waals surface area (Å²) >= 11 is 0. The van der Waals surface area contributed by atoms with Crippen molar-refractivity contribution < 1.29 is 14.1 Å². The second-order valence-electron chi connectivity index (χ2n) is 3.81. The van der Waals surface area contributed by atoms with Crippen LogP contribution in [-0.4, -0.2) is 33.8 Å². The highest BCUT2D eigenvalue weighted by Crippen LogP contribution is 2.04. The van der Waals surface area contributed by atoms with Crippen molar-refractivity contribution in [3.8, 4) is 0 Å². The molecule has 0 radical (unpaired) electrons. The van der Waals surface area contributed by atoms with E-state index in [0.717, 1.165) is 18.5 Å². The quantitative estimate of drug-likeness (QED) is 0.719. The highest BCUT2D eigenvalue weighted by atomic mass is 32.2. The summed E-state index contributed by atoms with van der Waals surface area (Å²) in [6.45, 7) is 1.52. The number of rotatable bonds is 7. The van der Waals surface area contributed by atoms with Crippen LogP contribution in [0.1, 0.15) is 22.3 Å². The lowest BCUT2D eigenvalue weighted by molar-refractivity contribution is 0.0697. The van der Waals surface area contributed by atoms with Crippen molar-refractivity contribution >= 4 is 16.8 Å². The molecule has 1 unspecified atom stereocenters. The van der Waals surface area contributed by atoms with Crippen LogP contribution in [0.15, 0.2) is 24.3 Å². The number of carbonyl (C=O) groups is 1. The minimum absolute atomic E-state index is 0.301. The van der Waals surface area contributed by atoms with Gasteiger partial charge in [0, 0.05) is 29.4 Å². The fourth-order valence-corrected chi connectivity index (χ4v) is 1.95. The van der Waals surface area contributed by atoms with Gasteiger partial charge >= 0.3 is 5.97 Å². The van der Waals surface area contributed by atoms with Crippen LogP contribution >= 0.6 is 0 Å². The summed E-state index contributed by atoms with van der Waals surface area (Å²) < 4.78 is 10.8. The molecule has 4 nitrogen and oxygen atoms in total. The Morgan fingerprint density at radius 3 is 2.53 bits per heavy atom. The molecular weight excluding hydrogens is 238 g/mol. The van der Waals surface area contributed by atoms with Gasteiger partial charge in [-0.1, -0.05) is 12.1 Å². The van der Waals surface area contributed by atoms with E-state index in [4.69, 9.17) is 5.11 Å². The van der Waals surface area contributed by atoms with Gasteiger partial charge in [-0.05, 0) is 30.7 Å². The number of hydrogen-bond donors (Lipinski definition) is 2. The van der Waals surface area contributed by atoms with E-state index in [1.807, 2.05) is 0 Å². The molecule has 0 heterocycles. The zero-order valence-electron chi connectivity index (χ0n) is 9.81. The average molecular weight is 255 g/mol. The fraction of sp³-hybridized carbons (Fsp3) is 0.417. The molecule has 0 aliphatic rings. The van der Waals surface area contributed by atoms with Gasteiger partial charge in [0.15, 0.2) is 0 Å². The number of nitrogens with one attached hydrogen (secondary N) is 1. The monoisotopic (exact) mass is 255 g/mol. The van der Waals surface area contributed by atoms with Crippen molar-refractivity contribution in [1.82, 2.24) is 5.32 Å². The van der Waals surface area contributed by atoms with Crippen LogP contribution < -0.4 is 5.32 Å². The first kappa shape index (κ1) is 13.9. The summed E-state index contributed by atoms with van der Waals surface area (Å²) in [5.41, 5.74) is 1.35. The first-order valence-electron chi connectivity index (χ1n) is 5.42. The molecule has 1 aromatic rings. The maximum atomic E-state index is 10.8. The minimum Gasteiger partial charge on any atom is -0.478 e. The van der Waals surface area contributed by atoms with Crippen molar-refractivity contribution in [2.45, 2.75) is 13.0 Å². The highest BCUT2D eigenvalue weighted by Gasteiger charge is 2.01. The molecule has 1 atom stereocenters. The molecule has 0 aromatic heterocycles. The van der Waals surface area contributed by atoms with Gasteiger partial charge in [-0.25, -0.2) is 4.79 Å². The molecule has 0 spiro atoms. The van der Waals surface area contributed by atoms with E-state index in [-0.39, 0.29) is 0 Å². The predicted octanol–water partition coefficient (Wildman–Crippen LogP) is 1.24. The molecule has 0 bridgehead atoms. The third-order valence-electron chi connectivity index (χ3n) is 2.32. The summed E-state index contributed by atoms with van der Waals surface area (Å²) in [5, 5.41) is 12.0. The van der Waals surface area contributed by atoms with Crippen molar-refractivity contribution in [1.29, 1.82) is 0 Å². The molecule has 0 saturated heterocycles. The van der Waals surface area contributed by atoms with E-state index in [2.05, 4.69) is 5.32 Å². The maximum absolute atomic E-state index is 10.8. The summed E-state index contributed by atoms with van der Waals surface area (Å²) in [4.78, 5) is 10.6. The average Bonchev–Trinajstić information content (AvgIpc) is 2.29. The Balaban J connectivity index is 2.27. The second-order valence-corrected chi connectivity index (χ2v) is 5.36. The number of carboxylic acid groups (broad SMARTS) is 1. The van der Waals surface area contributed by atoms with E-state index in [9.17, 15) is 9.00 Å². The molecule has 0 fully saturated rings. The highest BCUT2D eigenvalue weighted by molar-refractivity contribution is 7.84. The van der Waals surface area contributed by atoms with Gasteiger partial charge in [-0.2, -0.15) is 0 Å². The fourth-order valence-electron chi connectivity index (χ4n) is 1.40. The van der Waals surface area contributed by atoms with Crippen LogP contribution in [0.3, 0.4) is 0 Å². The van der Waals surface area contributed by atoms with Gasteiger partial charge in [0.05, 0.1) is 5.56 Å². The Morgan fingerprint density at radius 1 is 1.35 bits per heavy atom. The lowest BCUT2D eigenvalue weighted by Gasteiger charge is -2.04. The van der Waals surface area contributed by atoms with Crippen LogP contribution in [0.2, 0.25) is 0 Å². The van der Waals surface area contributed by atoms with E-state index >= 15 is 0 Å². The zero-order valence-corrected chi connectivity index (χ0v) is 10.6. The molecular formula is C12H17NO3S. The Morgan fingerprint density at radius 2 is 2.00 bits per heavy atom. The molecule has 94 valence electrons. The zero-order chi connectivity index (χ0) is 12.7.